The average molecular weight is 306 g/mol. The van der Waals surface area contributed by atoms with Crippen LogP contribution in [0.4, 0.5) is 0 Å². The molecule has 0 spiro atoms. The van der Waals surface area contributed by atoms with E-state index in [1.165, 1.54) is 0 Å². The van der Waals surface area contributed by atoms with Crippen molar-refractivity contribution in [2.75, 3.05) is 0 Å². The summed E-state index contributed by atoms with van der Waals surface area (Å²) >= 11 is 1.61. The van der Waals surface area contributed by atoms with Crippen LogP contribution in [-0.4, -0.2) is 4.98 Å². The van der Waals surface area contributed by atoms with Crippen LogP contribution in [0.2, 0.25) is 0 Å². The van der Waals surface area contributed by atoms with E-state index < -0.39 is 0 Å². The van der Waals surface area contributed by atoms with Gasteiger partial charge in [-0.2, -0.15) is 0 Å². The van der Waals surface area contributed by atoms with E-state index in [1.54, 1.807) is 11.3 Å². The van der Waals surface area contributed by atoms with Crippen LogP contribution < -0.4 is 5.73 Å². The third-order valence-corrected chi connectivity index (χ3v) is 4.53. The Kier molecular flexibility index (Phi) is 3.25. The summed E-state index contributed by atoms with van der Waals surface area (Å²) in [5, 5.41) is 4.09. The molecule has 0 amide bonds. The molecular formula is C18H14N2OS. The molecule has 4 heteroatoms. The predicted molar refractivity (Wildman–Crippen MR) is 90.6 cm³/mol. The summed E-state index contributed by atoms with van der Waals surface area (Å²) in [6, 6.07) is 18.1. The standard InChI is InChI=1S/C18H14N2OS/c19-10-13-6-1-3-7-14(13)18-20-15(11-22-18)17-9-12-5-2-4-8-16(12)21-17/h1-9,11H,10,19H2. The van der Waals surface area contributed by atoms with Gasteiger partial charge in [0.2, 0.25) is 0 Å². The van der Waals surface area contributed by atoms with Crippen LogP contribution in [0.25, 0.3) is 33.0 Å². The molecule has 0 bridgehead atoms. The summed E-state index contributed by atoms with van der Waals surface area (Å²) < 4.78 is 5.88. The Morgan fingerprint density at radius 1 is 1.05 bits per heavy atom. The van der Waals surface area contributed by atoms with Crippen LogP contribution in [0.3, 0.4) is 0 Å². The molecule has 4 aromatic rings. The van der Waals surface area contributed by atoms with Gasteiger partial charge in [-0.15, -0.1) is 11.3 Å². The van der Waals surface area contributed by atoms with Crippen LogP contribution in [0.1, 0.15) is 5.56 Å². The zero-order valence-corrected chi connectivity index (χ0v) is 12.6. The van der Waals surface area contributed by atoms with Gasteiger partial charge in [-0.3, -0.25) is 0 Å². The molecule has 2 aromatic carbocycles. The SMILES string of the molecule is NCc1ccccc1-c1nc(-c2cc3ccccc3o2)cs1. The molecule has 4 rings (SSSR count). The predicted octanol–water partition coefficient (Wildman–Crippen LogP) is 4.68. The number of furan rings is 1. The zero-order valence-electron chi connectivity index (χ0n) is 11.8. The third-order valence-electron chi connectivity index (χ3n) is 3.65. The molecular weight excluding hydrogens is 292 g/mol. The Morgan fingerprint density at radius 2 is 1.86 bits per heavy atom. The molecule has 0 atom stereocenters. The van der Waals surface area contributed by atoms with E-state index in [4.69, 9.17) is 15.1 Å². The Labute approximate surface area is 132 Å². The normalized spacial score (nSPS) is 11.1. The summed E-state index contributed by atoms with van der Waals surface area (Å²) in [5.74, 6) is 0.800. The number of hydrogen-bond acceptors (Lipinski definition) is 4. The highest BCUT2D eigenvalue weighted by atomic mass is 32.1. The first-order valence-corrected chi connectivity index (χ1v) is 7.96. The summed E-state index contributed by atoms with van der Waals surface area (Å²) in [7, 11) is 0. The quantitative estimate of drug-likeness (QED) is 0.598. The van der Waals surface area contributed by atoms with Crippen LogP contribution in [-0.2, 0) is 6.54 Å². The van der Waals surface area contributed by atoms with Crippen LogP contribution in [0.5, 0.6) is 0 Å². The number of para-hydroxylation sites is 1. The highest BCUT2D eigenvalue weighted by Gasteiger charge is 2.12. The summed E-state index contributed by atoms with van der Waals surface area (Å²) in [6.45, 7) is 0.510. The summed E-state index contributed by atoms with van der Waals surface area (Å²) in [6.07, 6.45) is 0. The highest BCUT2D eigenvalue weighted by Crippen LogP contribution is 2.33. The van der Waals surface area contributed by atoms with Crippen molar-refractivity contribution in [1.82, 2.24) is 4.98 Å². The zero-order chi connectivity index (χ0) is 14.9. The molecule has 2 N–H and O–H groups in total. The van der Waals surface area contributed by atoms with E-state index in [0.717, 1.165) is 38.6 Å². The van der Waals surface area contributed by atoms with Crippen molar-refractivity contribution in [3.05, 3.63) is 65.5 Å². The van der Waals surface area contributed by atoms with E-state index in [2.05, 4.69) is 6.07 Å². The van der Waals surface area contributed by atoms with E-state index >= 15 is 0 Å². The monoisotopic (exact) mass is 306 g/mol. The first-order chi connectivity index (χ1) is 10.8. The molecule has 0 unspecified atom stereocenters. The van der Waals surface area contributed by atoms with Gasteiger partial charge in [0.15, 0.2) is 5.76 Å². The van der Waals surface area contributed by atoms with Gasteiger partial charge >= 0.3 is 0 Å². The van der Waals surface area contributed by atoms with Crippen molar-refractivity contribution in [3.8, 4) is 22.0 Å². The molecule has 0 saturated carbocycles. The number of hydrogen-bond donors (Lipinski definition) is 1. The van der Waals surface area contributed by atoms with E-state index in [-0.39, 0.29) is 0 Å². The van der Waals surface area contributed by atoms with Gasteiger partial charge in [0.05, 0.1) is 0 Å². The maximum atomic E-state index is 5.88. The highest BCUT2D eigenvalue weighted by molar-refractivity contribution is 7.13. The van der Waals surface area contributed by atoms with Gasteiger partial charge in [0.1, 0.15) is 16.3 Å². The largest absolute Gasteiger partial charge is 0.454 e. The molecule has 2 heterocycles. The second-order valence-electron chi connectivity index (χ2n) is 5.05. The molecule has 108 valence electrons. The molecule has 0 radical (unpaired) electrons. The van der Waals surface area contributed by atoms with Crippen LogP contribution in [0, 0.1) is 0 Å². The summed E-state index contributed by atoms with van der Waals surface area (Å²) in [5.41, 5.74) is 9.76. The number of benzene rings is 2. The number of thiazole rings is 1. The molecule has 3 nitrogen and oxygen atoms in total. The van der Waals surface area contributed by atoms with Crippen molar-refractivity contribution >= 4 is 22.3 Å². The fourth-order valence-electron chi connectivity index (χ4n) is 2.53. The lowest BCUT2D eigenvalue weighted by atomic mass is 10.1. The number of nitrogens with two attached hydrogens (primary N) is 1. The minimum absolute atomic E-state index is 0.510. The molecule has 2 aromatic heterocycles. The maximum absolute atomic E-state index is 5.88. The van der Waals surface area contributed by atoms with Crippen molar-refractivity contribution in [2.45, 2.75) is 6.54 Å². The fraction of sp³-hybridized carbons (Fsp3) is 0.0556. The first-order valence-electron chi connectivity index (χ1n) is 7.08. The lowest BCUT2D eigenvalue weighted by Gasteiger charge is -2.03. The molecule has 0 fully saturated rings. The lowest BCUT2D eigenvalue weighted by molar-refractivity contribution is 0.629. The van der Waals surface area contributed by atoms with Crippen LogP contribution >= 0.6 is 11.3 Å². The minimum atomic E-state index is 0.510. The topological polar surface area (TPSA) is 52.0 Å². The van der Waals surface area contributed by atoms with Crippen LogP contribution in [0.15, 0.2) is 64.4 Å². The molecule has 0 aliphatic carbocycles. The lowest BCUT2D eigenvalue weighted by Crippen LogP contribution is -1.98. The van der Waals surface area contributed by atoms with Gasteiger partial charge < -0.3 is 10.2 Å². The Morgan fingerprint density at radius 3 is 2.73 bits per heavy atom. The Balaban J connectivity index is 1.77. The van der Waals surface area contributed by atoms with Gasteiger partial charge in [-0.25, -0.2) is 4.98 Å². The first kappa shape index (κ1) is 13.2. The van der Waals surface area contributed by atoms with Crippen molar-refractivity contribution in [2.24, 2.45) is 5.73 Å². The number of fused-ring (bicyclic) bond motifs is 1. The summed E-state index contributed by atoms with van der Waals surface area (Å²) in [4.78, 5) is 4.72. The Hall–Kier alpha value is -2.43. The second kappa shape index (κ2) is 5.40. The smallest absolute Gasteiger partial charge is 0.154 e. The number of rotatable bonds is 3. The molecule has 22 heavy (non-hydrogen) atoms. The molecule has 0 saturated heterocycles. The minimum Gasteiger partial charge on any atom is -0.454 e. The van der Waals surface area contributed by atoms with Crippen molar-refractivity contribution < 1.29 is 4.42 Å². The van der Waals surface area contributed by atoms with Crippen molar-refractivity contribution in [1.29, 1.82) is 0 Å². The second-order valence-corrected chi connectivity index (χ2v) is 5.91. The average Bonchev–Trinajstić information content (AvgIpc) is 3.21. The van der Waals surface area contributed by atoms with Gasteiger partial charge in [0, 0.05) is 22.9 Å². The molecule has 0 aliphatic rings. The maximum Gasteiger partial charge on any atom is 0.154 e. The molecule has 0 aliphatic heterocycles. The van der Waals surface area contributed by atoms with Gasteiger partial charge in [-0.1, -0.05) is 42.5 Å². The Bertz CT molecular complexity index is 906. The fourth-order valence-corrected chi connectivity index (χ4v) is 3.39. The third kappa shape index (κ3) is 2.22. The van der Waals surface area contributed by atoms with Gasteiger partial charge in [-0.05, 0) is 17.7 Å². The van der Waals surface area contributed by atoms with Crippen molar-refractivity contribution in [3.63, 3.8) is 0 Å². The van der Waals surface area contributed by atoms with Gasteiger partial charge in [0.25, 0.3) is 0 Å². The van der Waals surface area contributed by atoms with E-state index in [9.17, 15) is 0 Å². The van der Waals surface area contributed by atoms with E-state index in [0.29, 0.717) is 6.54 Å². The number of aromatic nitrogens is 1. The van der Waals surface area contributed by atoms with E-state index in [1.807, 2.05) is 53.9 Å². The number of nitrogens with zero attached hydrogens (tertiary/aromatic N) is 1.